The van der Waals surface area contributed by atoms with Crippen LogP contribution in [0.2, 0.25) is 6.32 Å². The van der Waals surface area contributed by atoms with Crippen LogP contribution in [-0.2, 0) is 4.65 Å². The van der Waals surface area contributed by atoms with Gasteiger partial charge in [-0.25, -0.2) is 0 Å². The molecule has 0 bridgehead atoms. The minimum absolute atomic E-state index is 0.275. The SMILES string of the molecule is CC(C)(C)[C@H]1COB(O)C1. The summed E-state index contributed by atoms with van der Waals surface area (Å²) in [5.41, 5.74) is 0.275. The molecule has 1 fully saturated rings. The molecule has 1 rings (SSSR count). The Morgan fingerprint density at radius 2 is 2.10 bits per heavy atom. The van der Waals surface area contributed by atoms with Gasteiger partial charge in [0, 0.05) is 6.61 Å². The first-order chi connectivity index (χ1) is 4.50. The fourth-order valence-corrected chi connectivity index (χ4v) is 1.21. The molecule has 0 aromatic heterocycles. The van der Waals surface area contributed by atoms with E-state index >= 15 is 0 Å². The molecule has 1 saturated heterocycles. The van der Waals surface area contributed by atoms with Crippen LogP contribution in [0, 0.1) is 11.3 Å². The van der Waals surface area contributed by atoms with Gasteiger partial charge in [-0.1, -0.05) is 20.8 Å². The van der Waals surface area contributed by atoms with Crippen LogP contribution < -0.4 is 0 Å². The summed E-state index contributed by atoms with van der Waals surface area (Å²) < 4.78 is 5.05. The van der Waals surface area contributed by atoms with E-state index in [2.05, 4.69) is 20.8 Å². The molecular weight excluding hydrogens is 127 g/mol. The molecule has 2 nitrogen and oxygen atoms in total. The average molecular weight is 142 g/mol. The molecule has 1 atom stereocenters. The monoisotopic (exact) mass is 142 g/mol. The predicted molar refractivity (Wildman–Crippen MR) is 41.7 cm³/mol. The van der Waals surface area contributed by atoms with Crippen LogP contribution in [0.25, 0.3) is 0 Å². The van der Waals surface area contributed by atoms with Crippen molar-refractivity contribution in [2.24, 2.45) is 11.3 Å². The second kappa shape index (κ2) is 2.55. The summed E-state index contributed by atoms with van der Waals surface area (Å²) >= 11 is 0. The summed E-state index contributed by atoms with van der Waals surface area (Å²) in [4.78, 5) is 0. The van der Waals surface area contributed by atoms with Gasteiger partial charge in [0.2, 0.25) is 0 Å². The standard InChI is InChI=1S/C7H15BO2/c1-7(2,3)6-4-8(9)10-5-6/h6,9H,4-5H2,1-3H3/t6-/m1/s1. The van der Waals surface area contributed by atoms with E-state index in [-0.39, 0.29) is 5.41 Å². The molecule has 0 aromatic rings. The molecule has 0 aliphatic carbocycles. The zero-order valence-electron chi connectivity index (χ0n) is 6.92. The highest BCUT2D eigenvalue weighted by Gasteiger charge is 2.35. The summed E-state index contributed by atoms with van der Waals surface area (Å²) in [7, 11) is -0.510. The smallest absolute Gasteiger partial charge is 0.427 e. The lowest BCUT2D eigenvalue weighted by Crippen LogP contribution is -2.20. The molecular formula is C7H15BO2. The zero-order valence-corrected chi connectivity index (χ0v) is 6.92. The Labute approximate surface area is 62.7 Å². The van der Waals surface area contributed by atoms with Crippen LogP contribution in [0.5, 0.6) is 0 Å². The van der Waals surface area contributed by atoms with Crippen LogP contribution in [0.3, 0.4) is 0 Å². The Morgan fingerprint density at radius 3 is 2.30 bits per heavy atom. The summed E-state index contributed by atoms with van der Waals surface area (Å²) in [6, 6.07) is 0. The van der Waals surface area contributed by atoms with Crippen LogP contribution >= 0.6 is 0 Å². The zero-order chi connectivity index (χ0) is 7.78. The molecule has 0 spiro atoms. The van der Waals surface area contributed by atoms with Crippen LogP contribution in [0.1, 0.15) is 20.8 Å². The first kappa shape index (κ1) is 8.09. The van der Waals surface area contributed by atoms with Gasteiger partial charge >= 0.3 is 7.12 Å². The summed E-state index contributed by atoms with van der Waals surface area (Å²) in [5, 5.41) is 9.04. The average Bonchev–Trinajstić information content (AvgIpc) is 2.11. The largest absolute Gasteiger partial charge is 0.454 e. The second-order valence-corrected chi connectivity index (χ2v) is 4.09. The van der Waals surface area contributed by atoms with E-state index in [9.17, 15) is 0 Å². The van der Waals surface area contributed by atoms with Gasteiger partial charge in [0.05, 0.1) is 0 Å². The van der Waals surface area contributed by atoms with Gasteiger partial charge in [-0.05, 0) is 17.7 Å². The molecule has 0 aromatic carbocycles. The highest BCUT2D eigenvalue weighted by molar-refractivity contribution is 6.43. The van der Waals surface area contributed by atoms with Crippen molar-refractivity contribution in [1.29, 1.82) is 0 Å². The molecule has 3 heteroatoms. The maximum Gasteiger partial charge on any atom is 0.454 e. The minimum atomic E-state index is -0.510. The number of rotatable bonds is 0. The molecule has 10 heavy (non-hydrogen) atoms. The summed E-state index contributed by atoms with van der Waals surface area (Å²) in [6.45, 7) is 7.25. The van der Waals surface area contributed by atoms with Crippen LogP contribution in [0.15, 0.2) is 0 Å². The molecule has 0 saturated carbocycles. The molecule has 58 valence electrons. The predicted octanol–water partition coefficient (Wildman–Crippen LogP) is 1.16. The lowest BCUT2D eigenvalue weighted by molar-refractivity contribution is 0.193. The van der Waals surface area contributed by atoms with Gasteiger partial charge < -0.3 is 9.68 Å². The Bertz CT molecular complexity index is 119. The molecule has 1 aliphatic rings. The maximum atomic E-state index is 9.04. The van der Waals surface area contributed by atoms with Crippen LogP contribution in [-0.4, -0.2) is 18.7 Å². The molecule has 1 aliphatic heterocycles. The van der Waals surface area contributed by atoms with Gasteiger partial charge in [0.15, 0.2) is 0 Å². The van der Waals surface area contributed by atoms with Gasteiger partial charge in [0.1, 0.15) is 0 Å². The first-order valence-corrected chi connectivity index (χ1v) is 3.80. The van der Waals surface area contributed by atoms with E-state index in [4.69, 9.17) is 9.68 Å². The van der Waals surface area contributed by atoms with Crippen molar-refractivity contribution in [3.8, 4) is 0 Å². The van der Waals surface area contributed by atoms with Crippen molar-refractivity contribution in [1.82, 2.24) is 0 Å². The highest BCUT2D eigenvalue weighted by Crippen LogP contribution is 2.33. The topological polar surface area (TPSA) is 29.5 Å². The van der Waals surface area contributed by atoms with E-state index in [1.54, 1.807) is 0 Å². The van der Waals surface area contributed by atoms with Gasteiger partial charge in [-0.3, -0.25) is 0 Å². The lowest BCUT2D eigenvalue weighted by atomic mass is 9.71. The van der Waals surface area contributed by atoms with Crippen molar-refractivity contribution in [3.05, 3.63) is 0 Å². The van der Waals surface area contributed by atoms with E-state index in [1.807, 2.05) is 0 Å². The normalized spacial score (nSPS) is 27.6. The quantitative estimate of drug-likeness (QED) is 0.514. The Balaban J connectivity index is 2.45. The van der Waals surface area contributed by atoms with E-state index in [0.29, 0.717) is 12.5 Å². The van der Waals surface area contributed by atoms with Crippen molar-refractivity contribution >= 4 is 7.12 Å². The number of hydrogen-bond acceptors (Lipinski definition) is 2. The van der Waals surface area contributed by atoms with E-state index < -0.39 is 7.12 Å². The van der Waals surface area contributed by atoms with Gasteiger partial charge in [0.25, 0.3) is 0 Å². The lowest BCUT2D eigenvalue weighted by Gasteiger charge is -2.25. The third kappa shape index (κ3) is 1.73. The highest BCUT2D eigenvalue weighted by atomic mass is 16.5. The van der Waals surface area contributed by atoms with Crippen molar-refractivity contribution < 1.29 is 9.68 Å². The Morgan fingerprint density at radius 1 is 1.50 bits per heavy atom. The van der Waals surface area contributed by atoms with E-state index in [1.165, 1.54) is 0 Å². The maximum absolute atomic E-state index is 9.04. The second-order valence-electron chi connectivity index (χ2n) is 4.09. The Hall–Kier alpha value is -0.0151. The summed E-state index contributed by atoms with van der Waals surface area (Å²) in [6.07, 6.45) is 0.795. The molecule has 1 heterocycles. The van der Waals surface area contributed by atoms with E-state index in [0.717, 1.165) is 6.32 Å². The first-order valence-electron chi connectivity index (χ1n) is 3.80. The van der Waals surface area contributed by atoms with Gasteiger partial charge in [-0.15, -0.1) is 0 Å². The third-order valence-electron chi connectivity index (χ3n) is 2.20. The third-order valence-corrected chi connectivity index (χ3v) is 2.20. The van der Waals surface area contributed by atoms with Gasteiger partial charge in [-0.2, -0.15) is 0 Å². The van der Waals surface area contributed by atoms with Crippen molar-refractivity contribution in [3.63, 3.8) is 0 Å². The molecule has 0 unspecified atom stereocenters. The minimum Gasteiger partial charge on any atom is -0.427 e. The van der Waals surface area contributed by atoms with Crippen LogP contribution in [0.4, 0.5) is 0 Å². The fraction of sp³-hybridized carbons (Fsp3) is 1.00. The van der Waals surface area contributed by atoms with Crippen molar-refractivity contribution in [2.75, 3.05) is 6.61 Å². The number of hydrogen-bond donors (Lipinski definition) is 1. The Kier molecular flexibility index (Phi) is 2.06. The van der Waals surface area contributed by atoms with Crippen molar-refractivity contribution in [2.45, 2.75) is 27.1 Å². The summed E-state index contributed by atoms with van der Waals surface area (Å²) in [5.74, 6) is 0.516. The molecule has 0 radical (unpaired) electrons. The molecule has 1 N–H and O–H groups in total. The molecule has 0 amide bonds. The fourth-order valence-electron chi connectivity index (χ4n) is 1.21.